The van der Waals surface area contributed by atoms with Crippen LogP contribution in [0.15, 0.2) is 47.1 Å². The lowest BCUT2D eigenvalue weighted by atomic mass is 9.85. The molecule has 1 N–H and O–H groups in total. The quantitative estimate of drug-likeness (QED) is 0.445. The molecule has 0 bridgehead atoms. The third-order valence-electron chi connectivity index (χ3n) is 5.67. The van der Waals surface area contributed by atoms with Crippen LogP contribution in [0.5, 0.6) is 0 Å². The summed E-state index contributed by atoms with van der Waals surface area (Å²) in [5.74, 6) is 1.65. The van der Waals surface area contributed by atoms with Crippen LogP contribution in [0.1, 0.15) is 51.1 Å². The first-order chi connectivity index (χ1) is 15.4. The molecule has 1 unspecified atom stereocenters. The van der Waals surface area contributed by atoms with Gasteiger partial charge in [-0.15, -0.1) is 5.10 Å². The number of fused-ring (bicyclic) bond motifs is 1. The van der Waals surface area contributed by atoms with Crippen molar-refractivity contribution in [2.45, 2.75) is 39.5 Å². The molecular weight excluding hydrogens is 426 g/mol. The van der Waals surface area contributed by atoms with Gasteiger partial charge in [0.15, 0.2) is 11.6 Å². The van der Waals surface area contributed by atoms with Gasteiger partial charge in [-0.2, -0.15) is 0 Å². The predicted octanol–water partition coefficient (Wildman–Crippen LogP) is 5.49. The van der Waals surface area contributed by atoms with Crippen LogP contribution in [-0.4, -0.2) is 25.5 Å². The molecule has 1 aromatic carbocycles. The number of benzene rings is 1. The van der Waals surface area contributed by atoms with Crippen LogP contribution in [0, 0.1) is 20.8 Å². The third kappa shape index (κ3) is 3.69. The van der Waals surface area contributed by atoms with E-state index in [1.807, 2.05) is 57.2 Å². The molecule has 0 aliphatic heterocycles. The number of anilines is 2. The van der Waals surface area contributed by atoms with E-state index in [1.54, 1.807) is 10.9 Å². The first-order valence-electron chi connectivity index (χ1n) is 10.4. The van der Waals surface area contributed by atoms with Gasteiger partial charge in [0, 0.05) is 40.9 Å². The minimum Gasteiger partial charge on any atom is -0.469 e. The Hall–Kier alpha value is -3.45. The molecule has 8 heteroatoms. The molecule has 1 aliphatic rings. The fraction of sp³-hybridized carbons (Fsp3) is 0.250. The number of carbonyl (C=O) groups is 1. The second-order valence-electron chi connectivity index (χ2n) is 8.17. The number of aromatic nitrogens is 4. The zero-order valence-electron chi connectivity index (χ0n) is 18.0. The van der Waals surface area contributed by atoms with Crippen LogP contribution < -0.4 is 5.32 Å². The zero-order chi connectivity index (χ0) is 22.4. The van der Waals surface area contributed by atoms with Crippen molar-refractivity contribution >= 4 is 28.9 Å². The number of carbonyl (C=O) groups excluding carboxylic acids is 1. The standard InChI is InChI=1S/C24H22ClN5O2/c1-13-6-7-17(12-18(13)25)28-23-22-19(10-16(11-20(22)31)21-5-4-8-32-21)30(29-23)24-26-14(2)9-15(3)27-24/h4-9,12,16H,10-11H2,1-3H3,(H,28,29). The summed E-state index contributed by atoms with van der Waals surface area (Å²) >= 11 is 6.30. The summed E-state index contributed by atoms with van der Waals surface area (Å²) in [6.45, 7) is 5.77. The lowest BCUT2D eigenvalue weighted by Gasteiger charge is -2.21. The van der Waals surface area contributed by atoms with Crippen LogP contribution >= 0.6 is 11.6 Å². The van der Waals surface area contributed by atoms with E-state index in [4.69, 9.17) is 21.1 Å². The number of nitrogens with zero attached hydrogens (tertiary/aromatic N) is 4. The van der Waals surface area contributed by atoms with E-state index in [0.29, 0.717) is 35.2 Å². The number of halogens is 1. The van der Waals surface area contributed by atoms with Gasteiger partial charge in [-0.1, -0.05) is 17.7 Å². The molecule has 32 heavy (non-hydrogen) atoms. The van der Waals surface area contributed by atoms with Crippen molar-refractivity contribution in [3.63, 3.8) is 0 Å². The second kappa shape index (κ2) is 7.91. The number of furan rings is 1. The summed E-state index contributed by atoms with van der Waals surface area (Å²) < 4.78 is 7.28. The van der Waals surface area contributed by atoms with E-state index in [1.165, 1.54) is 0 Å². The number of hydrogen-bond donors (Lipinski definition) is 1. The van der Waals surface area contributed by atoms with Crippen molar-refractivity contribution in [1.82, 2.24) is 19.7 Å². The molecule has 3 aromatic heterocycles. The van der Waals surface area contributed by atoms with E-state index < -0.39 is 0 Å². The topological polar surface area (TPSA) is 85.8 Å². The molecule has 0 radical (unpaired) electrons. The molecule has 1 atom stereocenters. The molecule has 0 amide bonds. The SMILES string of the molecule is Cc1cc(C)nc(-n2nc(Nc3ccc(C)c(Cl)c3)c3c2CC(c2ccco2)CC3=O)n1. The lowest BCUT2D eigenvalue weighted by Crippen LogP contribution is -2.21. The molecule has 0 fully saturated rings. The van der Waals surface area contributed by atoms with E-state index in [2.05, 4.69) is 15.3 Å². The lowest BCUT2D eigenvalue weighted by molar-refractivity contribution is 0.0960. The molecular formula is C24H22ClN5O2. The Bertz CT molecular complexity index is 1310. The minimum atomic E-state index is -0.0620. The Morgan fingerprint density at radius 1 is 1.09 bits per heavy atom. The number of Topliss-reactive ketones (excluding diaryl/α,β-unsaturated/α-hetero) is 1. The van der Waals surface area contributed by atoms with Crippen LogP contribution in [-0.2, 0) is 6.42 Å². The minimum absolute atomic E-state index is 0.00369. The monoisotopic (exact) mass is 447 g/mol. The molecule has 0 saturated heterocycles. The van der Waals surface area contributed by atoms with Gasteiger partial charge in [0.1, 0.15) is 5.76 Å². The van der Waals surface area contributed by atoms with E-state index >= 15 is 0 Å². The van der Waals surface area contributed by atoms with Gasteiger partial charge < -0.3 is 9.73 Å². The Labute approximate surface area is 190 Å². The van der Waals surface area contributed by atoms with Crippen LogP contribution in [0.25, 0.3) is 5.95 Å². The molecule has 0 saturated carbocycles. The van der Waals surface area contributed by atoms with E-state index in [9.17, 15) is 4.79 Å². The van der Waals surface area contributed by atoms with Gasteiger partial charge in [0.25, 0.3) is 5.95 Å². The summed E-state index contributed by atoms with van der Waals surface area (Å²) in [5, 5.41) is 8.67. The third-order valence-corrected chi connectivity index (χ3v) is 6.08. The maximum Gasteiger partial charge on any atom is 0.251 e. The smallest absolute Gasteiger partial charge is 0.251 e. The summed E-state index contributed by atoms with van der Waals surface area (Å²) in [5.41, 5.74) is 4.74. The molecule has 5 rings (SSSR count). The molecule has 162 valence electrons. The molecule has 7 nitrogen and oxygen atoms in total. The average Bonchev–Trinajstić information content (AvgIpc) is 3.39. The first-order valence-corrected chi connectivity index (χ1v) is 10.8. The van der Waals surface area contributed by atoms with Gasteiger partial charge in [-0.3, -0.25) is 4.79 Å². The first kappa shape index (κ1) is 20.5. The predicted molar refractivity (Wildman–Crippen MR) is 122 cm³/mol. The van der Waals surface area contributed by atoms with Crippen molar-refractivity contribution in [3.8, 4) is 5.95 Å². The van der Waals surface area contributed by atoms with E-state index in [-0.39, 0.29) is 11.7 Å². The van der Waals surface area contributed by atoms with Gasteiger partial charge in [0.2, 0.25) is 0 Å². The highest BCUT2D eigenvalue weighted by Gasteiger charge is 2.35. The number of nitrogens with one attached hydrogen (secondary N) is 1. The van der Waals surface area contributed by atoms with Gasteiger partial charge in [-0.25, -0.2) is 14.6 Å². The van der Waals surface area contributed by atoms with Gasteiger partial charge >= 0.3 is 0 Å². The van der Waals surface area contributed by atoms with E-state index in [0.717, 1.165) is 34.1 Å². The number of ketones is 1. The van der Waals surface area contributed by atoms with Crippen LogP contribution in [0.3, 0.4) is 0 Å². The summed E-state index contributed by atoms with van der Waals surface area (Å²) in [4.78, 5) is 22.5. The largest absolute Gasteiger partial charge is 0.469 e. The highest BCUT2D eigenvalue weighted by Crippen LogP contribution is 2.38. The van der Waals surface area contributed by atoms with Crippen molar-refractivity contribution < 1.29 is 9.21 Å². The Kier molecular flexibility index (Phi) is 5.06. The average molecular weight is 448 g/mol. The highest BCUT2D eigenvalue weighted by atomic mass is 35.5. The fourth-order valence-corrected chi connectivity index (χ4v) is 4.33. The number of rotatable bonds is 4. The maximum atomic E-state index is 13.3. The van der Waals surface area contributed by atoms with Crippen molar-refractivity contribution in [2.75, 3.05) is 5.32 Å². The fourth-order valence-electron chi connectivity index (χ4n) is 4.15. The molecule has 0 spiro atoms. The highest BCUT2D eigenvalue weighted by molar-refractivity contribution is 6.31. The summed E-state index contributed by atoms with van der Waals surface area (Å²) in [6.07, 6.45) is 2.57. The normalized spacial score (nSPS) is 15.6. The Morgan fingerprint density at radius 3 is 2.56 bits per heavy atom. The Balaban J connectivity index is 1.64. The molecule has 4 aromatic rings. The molecule has 3 heterocycles. The second-order valence-corrected chi connectivity index (χ2v) is 8.57. The maximum absolute atomic E-state index is 13.3. The molecule has 1 aliphatic carbocycles. The van der Waals surface area contributed by atoms with Crippen LogP contribution in [0.2, 0.25) is 5.02 Å². The van der Waals surface area contributed by atoms with Crippen molar-refractivity contribution in [2.24, 2.45) is 0 Å². The van der Waals surface area contributed by atoms with Crippen molar-refractivity contribution in [3.05, 3.63) is 81.7 Å². The van der Waals surface area contributed by atoms with Gasteiger partial charge in [0.05, 0.1) is 17.5 Å². The van der Waals surface area contributed by atoms with Crippen LogP contribution in [0.4, 0.5) is 11.5 Å². The van der Waals surface area contributed by atoms with Gasteiger partial charge in [-0.05, 0) is 56.7 Å². The number of hydrogen-bond acceptors (Lipinski definition) is 6. The van der Waals surface area contributed by atoms with Crippen molar-refractivity contribution in [1.29, 1.82) is 0 Å². The summed E-state index contributed by atoms with van der Waals surface area (Å²) in [6, 6.07) is 11.3. The Morgan fingerprint density at radius 2 is 1.88 bits per heavy atom. The number of aryl methyl sites for hydroxylation is 3. The summed E-state index contributed by atoms with van der Waals surface area (Å²) in [7, 11) is 0. The zero-order valence-corrected chi connectivity index (χ0v) is 18.8.